The molecular weight excluding hydrogens is 304 g/mol. The van der Waals surface area contributed by atoms with Gasteiger partial charge in [0.05, 0.1) is 24.6 Å². The van der Waals surface area contributed by atoms with Gasteiger partial charge in [-0.2, -0.15) is 0 Å². The molecule has 116 valence electrons. The van der Waals surface area contributed by atoms with Gasteiger partial charge in [0.25, 0.3) is 5.91 Å². The summed E-state index contributed by atoms with van der Waals surface area (Å²) < 4.78 is 7.15. The highest BCUT2D eigenvalue weighted by molar-refractivity contribution is 6.30. The topological polar surface area (TPSA) is 60.2 Å². The quantitative estimate of drug-likeness (QED) is 0.869. The van der Waals surface area contributed by atoms with Gasteiger partial charge in [0.15, 0.2) is 5.69 Å². The zero-order valence-electron chi connectivity index (χ0n) is 12.3. The van der Waals surface area contributed by atoms with E-state index in [1.54, 1.807) is 27.9 Å². The molecule has 22 heavy (non-hydrogen) atoms. The van der Waals surface area contributed by atoms with Crippen molar-refractivity contribution in [1.29, 1.82) is 0 Å². The second-order valence-electron chi connectivity index (χ2n) is 5.18. The van der Waals surface area contributed by atoms with E-state index < -0.39 is 0 Å². The maximum Gasteiger partial charge on any atom is 0.276 e. The molecule has 6 nitrogen and oxygen atoms in total. The number of morpholine rings is 1. The van der Waals surface area contributed by atoms with Crippen LogP contribution in [0.15, 0.2) is 30.5 Å². The summed E-state index contributed by atoms with van der Waals surface area (Å²) in [7, 11) is 0. The van der Waals surface area contributed by atoms with Crippen LogP contribution in [0.3, 0.4) is 0 Å². The SMILES string of the molecule is CCC1CN(C(=O)c2cn(-c3ccc(Cl)cc3)nn2)CCO1. The van der Waals surface area contributed by atoms with Gasteiger partial charge in [0.2, 0.25) is 0 Å². The Morgan fingerprint density at radius 1 is 1.41 bits per heavy atom. The first-order valence-electron chi connectivity index (χ1n) is 7.26. The first-order chi connectivity index (χ1) is 10.7. The molecule has 0 spiro atoms. The third-order valence-electron chi connectivity index (χ3n) is 3.69. The number of carbonyl (C=O) groups excluding carboxylic acids is 1. The minimum Gasteiger partial charge on any atom is -0.375 e. The number of hydrogen-bond acceptors (Lipinski definition) is 4. The van der Waals surface area contributed by atoms with Gasteiger partial charge in [0, 0.05) is 18.1 Å². The molecule has 0 aliphatic carbocycles. The van der Waals surface area contributed by atoms with Gasteiger partial charge in [-0.25, -0.2) is 4.68 Å². The number of halogens is 1. The van der Waals surface area contributed by atoms with Crippen molar-refractivity contribution in [3.05, 3.63) is 41.2 Å². The number of carbonyl (C=O) groups is 1. The molecule has 1 amide bonds. The van der Waals surface area contributed by atoms with Gasteiger partial charge in [-0.1, -0.05) is 23.7 Å². The van der Waals surface area contributed by atoms with Crippen molar-refractivity contribution in [2.45, 2.75) is 19.4 Å². The van der Waals surface area contributed by atoms with Crippen molar-refractivity contribution in [1.82, 2.24) is 19.9 Å². The van der Waals surface area contributed by atoms with Crippen LogP contribution in [-0.4, -0.2) is 51.6 Å². The highest BCUT2D eigenvalue weighted by Gasteiger charge is 2.25. The summed E-state index contributed by atoms with van der Waals surface area (Å²) in [5.74, 6) is -0.109. The summed E-state index contributed by atoms with van der Waals surface area (Å²) in [6.45, 7) is 3.80. The molecule has 1 saturated heterocycles. The highest BCUT2D eigenvalue weighted by Crippen LogP contribution is 2.14. The number of aromatic nitrogens is 3. The molecule has 1 aromatic carbocycles. The van der Waals surface area contributed by atoms with E-state index in [0.29, 0.717) is 30.4 Å². The fourth-order valence-corrected chi connectivity index (χ4v) is 2.52. The van der Waals surface area contributed by atoms with Gasteiger partial charge in [-0.05, 0) is 30.7 Å². The Morgan fingerprint density at radius 2 is 2.18 bits per heavy atom. The molecule has 1 aromatic heterocycles. The summed E-state index contributed by atoms with van der Waals surface area (Å²) in [5, 5.41) is 8.66. The van der Waals surface area contributed by atoms with Crippen molar-refractivity contribution in [3.8, 4) is 5.69 Å². The summed E-state index contributed by atoms with van der Waals surface area (Å²) in [6.07, 6.45) is 2.63. The minimum atomic E-state index is -0.109. The first-order valence-corrected chi connectivity index (χ1v) is 7.64. The fraction of sp³-hybridized carbons (Fsp3) is 0.400. The number of amides is 1. The molecular formula is C15H17ClN4O2. The lowest BCUT2D eigenvalue weighted by Gasteiger charge is -2.31. The molecule has 0 bridgehead atoms. The van der Waals surface area contributed by atoms with Crippen LogP contribution in [0.2, 0.25) is 5.02 Å². The Hall–Kier alpha value is -1.92. The fourth-order valence-electron chi connectivity index (χ4n) is 2.39. The predicted octanol–water partition coefficient (Wildman–Crippen LogP) is 2.17. The lowest BCUT2D eigenvalue weighted by Crippen LogP contribution is -2.45. The smallest absolute Gasteiger partial charge is 0.276 e. The molecule has 1 fully saturated rings. The molecule has 2 heterocycles. The average molecular weight is 321 g/mol. The second kappa shape index (κ2) is 6.46. The minimum absolute atomic E-state index is 0.101. The van der Waals surface area contributed by atoms with Crippen LogP contribution in [0.1, 0.15) is 23.8 Å². The molecule has 1 aliphatic heterocycles. The predicted molar refractivity (Wildman–Crippen MR) is 82.3 cm³/mol. The van der Waals surface area contributed by atoms with Gasteiger partial charge in [-0.3, -0.25) is 4.79 Å². The van der Waals surface area contributed by atoms with Crippen molar-refractivity contribution in [2.75, 3.05) is 19.7 Å². The van der Waals surface area contributed by atoms with Crippen molar-refractivity contribution in [2.24, 2.45) is 0 Å². The first kappa shape index (κ1) is 15.0. The van der Waals surface area contributed by atoms with Crippen molar-refractivity contribution >= 4 is 17.5 Å². The number of benzene rings is 1. The van der Waals surface area contributed by atoms with E-state index in [9.17, 15) is 4.79 Å². The highest BCUT2D eigenvalue weighted by atomic mass is 35.5. The summed E-state index contributed by atoms with van der Waals surface area (Å²) in [6, 6.07) is 7.20. The largest absolute Gasteiger partial charge is 0.375 e. The Morgan fingerprint density at radius 3 is 2.91 bits per heavy atom. The van der Waals surface area contributed by atoms with E-state index in [2.05, 4.69) is 17.2 Å². The zero-order chi connectivity index (χ0) is 15.5. The van der Waals surface area contributed by atoms with Crippen LogP contribution >= 0.6 is 11.6 Å². The van der Waals surface area contributed by atoms with E-state index >= 15 is 0 Å². The Bertz CT molecular complexity index is 656. The molecule has 7 heteroatoms. The monoisotopic (exact) mass is 320 g/mol. The van der Waals surface area contributed by atoms with E-state index in [-0.39, 0.29) is 12.0 Å². The molecule has 1 atom stereocenters. The van der Waals surface area contributed by atoms with Gasteiger partial charge in [-0.15, -0.1) is 5.10 Å². The van der Waals surface area contributed by atoms with Gasteiger partial charge >= 0.3 is 0 Å². The molecule has 0 N–H and O–H groups in total. The van der Waals surface area contributed by atoms with Crippen molar-refractivity contribution in [3.63, 3.8) is 0 Å². The molecule has 0 radical (unpaired) electrons. The zero-order valence-corrected chi connectivity index (χ0v) is 13.0. The summed E-state index contributed by atoms with van der Waals surface area (Å²) >= 11 is 5.87. The Labute approximate surface area is 133 Å². The Balaban J connectivity index is 1.75. The standard InChI is InChI=1S/C15H17ClN4O2/c1-2-13-9-19(7-8-22-13)15(21)14-10-20(18-17-14)12-5-3-11(16)4-6-12/h3-6,10,13H,2,7-9H2,1H3. The summed E-state index contributed by atoms with van der Waals surface area (Å²) in [5.41, 5.74) is 1.15. The van der Waals surface area contributed by atoms with Crippen molar-refractivity contribution < 1.29 is 9.53 Å². The van der Waals surface area contributed by atoms with Crippen LogP contribution in [-0.2, 0) is 4.74 Å². The maximum atomic E-state index is 12.5. The second-order valence-corrected chi connectivity index (χ2v) is 5.61. The van der Waals surface area contributed by atoms with Crippen LogP contribution in [0.25, 0.3) is 5.69 Å². The van der Waals surface area contributed by atoms with Crippen LogP contribution in [0.5, 0.6) is 0 Å². The third-order valence-corrected chi connectivity index (χ3v) is 3.94. The maximum absolute atomic E-state index is 12.5. The molecule has 1 unspecified atom stereocenters. The molecule has 3 rings (SSSR count). The van der Waals surface area contributed by atoms with Crippen LogP contribution in [0, 0.1) is 0 Å². The van der Waals surface area contributed by atoms with E-state index in [4.69, 9.17) is 16.3 Å². The average Bonchev–Trinajstić information content (AvgIpc) is 3.05. The molecule has 1 aliphatic rings. The lowest BCUT2D eigenvalue weighted by molar-refractivity contribution is -0.0228. The van der Waals surface area contributed by atoms with Crippen LogP contribution in [0.4, 0.5) is 0 Å². The van der Waals surface area contributed by atoms with Crippen LogP contribution < -0.4 is 0 Å². The summed E-state index contributed by atoms with van der Waals surface area (Å²) in [4.78, 5) is 14.3. The van der Waals surface area contributed by atoms with Gasteiger partial charge in [0.1, 0.15) is 0 Å². The number of ether oxygens (including phenoxy) is 1. The van der Waals surface area contributed by atoms with E-state index in [1.165, 1.54) is 0 Å². The number of hydrogen-bond donors (Lipinski definition) is 0. The van der Waals surface area contributed by atoms with E-state index in [1.807, 2.05) is 12.1 Å². The van der Waals surface area contributed by atoms with E-state index in [0.717, 1.165) is 12.1 Å². The Kier molecular flexibility index (Phi) is 4.40. The molecule has 2 aromatic rings. The molecule has 0 saturated carbocycles. The lowest BCUT2D eigenvalue weighted by atomic mass is 10.2. The normalized spacial score (nSPS) is 18.5. The number of rotatable bonds is 3. The number of nitrogens with zero attached hydrogens (tertiary/aromatic N) is 4. The van der Waals surface area contributed by atoms with Gasteiger partial charge < -0.3 is 9.64 Å². The third kappa shape index (κ3) is 3.13.